The molecule has 76 valence electrons. The van der Waals surface area contributed by atoms with Crippen LogP contribution in [0.5, 0.6) is 0 Å². The van der Waals surface area contributed by atoms with Crippen LogP contribution in [-0.4, -0.2) is 11.7 Å². The molecule has 2 rings (SSSR count). The van der Waals surface area contributed by atoms with Crippen LogP contribution >= 0.6 is 11.8 Å². The molecule has 0 aromatic heterocycles. The first kappa shape index (κ1) is 9.84. The van der Waals surface area contributed by atoms with Gasteiger partial charge in [0.1, 0.15) is 0 Å². The van der Waals surface area contributed by atoms with E-state index in [-0.39, 0.29) is 5.91 Å². The van der Waals surface area contributed by atoms with Crippen LogP contribution in [0, 0.1) is 5.92 Å². The van der Waals surface area contributed by atoms with Crippen LogP contribution in [0.15, 0.2) is 22.3 Å². The predicted octanol–water partition coefficient (Wildman–Crippen LogP) is 2.44. The maximum absolute atomic E-state index is 11.2. The molecule has 0 bridgehead atoms. The second kappa shape index (κ2) is 3.81. The summed E-state index contributed by atoms with van der Waals surface area (Å²) < 4.78 is 0. The molecule has 1 amide bonds. The quantitative estimate of drug-likeness (QED) is 0.718. The minimum atomic E-state index is 0.134. The molecule has 3 heteroatoms. The van der Waals surface area contributed by atoms with Gasteiger partial charge in [0.25, 0.3) is 0 Å². The number of nitrogens with one attached hydrogen (secondary N) is 1. The third-order valence-corrected chi connectivity index (χ3v) is 4.06. The molecule has 14 heavy (non-hydrogen) atoms. The van der Waals surface area contributed by atoms with Gasteiger partial charge in [0, 0.05) is 4.91 Å². The maximum atomic E-state index is 11.2. The minimum Gasteiger partial charge on any atom is -0.325 e. The molecule has 1 aliphatic carbocycles. The Morgan fingerprint density at radius 3 is 3.14 bits per heavy atom. The van der Waals surface area contributed by atoms with Crippen LogP contribution in [-0.2, 0) is 4.79 Å². The molecule has 0 saturated carbocycles. The van der Waals surface area contributed by atoms with Gasteiger partial charge in [-0.25, -0.2) is 0 Å². The third-order valence-electron chi connectivity index (χ3n) is 2.72. The summed E-state index contributed by atoms with van der Waals surface area (Å²) in [5.41, 5.74) is 2.50. The number of hydrogen-bond donors (Lipinski definition) is 1. The highest BCUT2D eigenvalue weighted by atomic mass is 32.2. The summed E-state index contributed by atoms with van der Waals surface area (Å²) in [5, 5.41) is 2.96. The Balaban J connectivity index is 2.31. The summed E-state index contributed by atoms with van der Waals surface area (Å²) in [5.74, 6) is 1.29. The summed E-state index contributed by atoms with van der Waals surface area (Å²) in [6.45, 7) is 4.41. The summed E-state index contributed by atoms with van der Waals surface area (Å²) in [6.07, 6.45) is 4.39. The van der Waals surface area contributed by atoms with Gasteiger partial charge in [-0.3, -0.25) is 4.79 Å². The maximum Gasteiger partial charge on any atom is 0.234 e. The van der Waals surface area contributed by atoms with Crippen molar-refractivity contribution in [3.63, 3.8) is 0 Å². The highest BCUT2D eigenvalue weighted by Crippen LogP contribution is 2.38. The third kappa shape index (κ3) is 1.73. The smallest absolute Gasteiger partial charge is 0.234 e. The highest BCUT2D eigenvalue weighted by Gasteiger charge is 2.25. The van der Waals surface area contributed by atoms with E-state index in [0.29, 0.717) is 11.7 Å². The first-order chi connectivity index (χ1) is 6.70. The molecule has 1 aliphatic heterocycles. The standard InChI is InChI=1S/C11H15NOS/c1-3-8-4-7(2)11-9(5-8)12-10(13)6-14-11/h5,7H,3-4,6H2,1-2H3,(H,12,13). The number of carbonyl (C=O) groups excluding carboxylic acids is 1. The predicted molar refractivity (Wildman–Crippen MR) is 59.8 cm³/mol. The first-order valence-electron chi connectivity index (χ1n) is 5.07. The fraction of sp³-hybridized carbons (Fsp3) is 0.545. The van der Waals surface area contributed by atoms with Gasteiger partial charge < -0.3 is 5.32 Å². The monoisotopic (exact) mass is 209 g/mol. The van der Waals surface area contributed by atoms with Gasteiger partial charge in [-0.15, -0.1) is 11.8 Å². The van der Waals surface area contributed by atoms with E-state index in [4.69, 9.17) is 0 Å². The fourth-order valence-corrected chi connectivity index (χ4v) is 2.97. The van der Waals surface area contributed by atoms with E-state index in [2.05, 4.69) is 25.2 Å². The average Bonchev–Trinajstić information content (AvgIpc) is 2.16. The Morgan fingerprint density at radius 1 is 1.64 bits per heavy atom. The molecule has 1 N–H and O–H groups in total. The van der Waals surface area contributed by atoms with Gasteiger partial charge in [0.15, 0.2) is 0 Å². The Kier molecular flexibility index (Phi) is 2.68. The number of rotatable bonds is 1. The molecule has 0 aromatic carbocycles. The van der Waals surface area contributed by atoms with Crippen molar-refractivity contribution in [3.05, 3.63) is 22.3 Å². The zero-order valence-corrected chi connectivity index (χ0v) is 9.41. The Labute approximate surface area is 88.8 Å². The van der Waals surface area contributed by atoms with Gasteiger partial charge in [-0.1, -0.05) is 19.4 Å². The zero-order valence-electron chi connectivity index (χ0n) is 8.59. The normalized spacial score (nSPS) is 26.9. The number of thioether (sulfide) groups is 1. The Morgan fingerprint density at radius 2 is 2.43 bits per heavy atom. The molecule has 1 heterocycles. The van der Waals surface area contributed by atoms with Crippen molar-refractivity contribution in [2.75, 3.05) is 5.75 Å². The van der Waals surface area contributed by atoms with Crippen molar-refractivity contribution in [1.29, 1.82) is 0 Å². The van der Waals surface area contributed by atoms with E-state index >= 15 is 0 Å². The first-order valence-corrected chi connectivity index (χ1v) is 6.05. The van der Waals surface area contributed by atoms with Gasteiger partial charge in [-0.2, -0.15) is 0 Å². The van der Waals surface area contributed by atoms with Crippen LogP contribution in [0.4, 0.5) is 0 Å². The second-order valence-electron chi connectivity index (χ2n) is 3.88. The lowest BCUT2D eigenvalue weighted by atomic mass is 9.92. The molecule has 2 aliphatic rings. The van der Waals surface area contributed by atoms with Gasteiger partial charge in [0.05, 0.1) is 11.4 Å². The Bertz CT molecular complexity index is 330. The van der Waals surface area contributed by atoms with E-state index in [0.717, 1.165) is 18.5 Å². The van der Waals surface area contributed by atoms with E-state index in [1.54, 1.807) is 11.8 Å². The van der Waals surface area contributed by atoms with Crippen LogP contribution in [0.2, 0.25) is 0 Å². The topological polar surface area (TPSA) is 29.1 Å². The summed E-state index contributed by atoms with van der Waals surface area (Å²) >= 11 is 1.70. The second-order valence-corrected chi connectivity index (χ2v) is 4.89. The fourth-order valence-electron chi connectivity index (χ4n) is 1.98. The van der Waals surface area contributed by atoms with Gasteiger partial charge in [0.2, 0.25) is 5.91 Å². The Hall–Kier alpha value is -0.700. The lowest BCUT2D eigenvalue weighted by Gasteiger charge is -2.28. The summed E-state index contributed by atoms with van der Waals surface area (Å²) in [6, 6.07) is 0. The van der Waals surface area contributed by atoms with E-state index in [9.17, 15) is 4.79 Å². The van der Waals surface area contributed by atoms with E-state index in [1.165, 1.54) is 10.5 Å². The van der Waals surface area contributed by atoms with Crippen molar-refractivity contribution in [2.45, 2.75) is 26.7 Å². The zero-order chi connectivity index (χ0) is 10.1. The largest absolute Gasteiger partial charge is 0.325 e. The number of hydrogen-bond acceptors (Lipinski definition) is 2. The van der Waals surface area contributed by atoms with E-state index < -0.39 is 0 Å². The highest BCUT2D eigenvalue weighted by molar-refractivity contribution is 8.03. The lowest BCUT2D eigenvalue weighted by molar-refractivity contribution is -0.117. The molecule has 0 aromatic rings. The molecule has 0 saturated heterocycles. The number of amides is 1. The molecule has 2 nitrogen and oxygen atoms in total. The van der Waals surface area contributed by atoms with Crippen LogP contribution in [0.3, 0.4) is 0 Å². The lowest BCUT2D eigenvalue weighted by Crippen LogP contribution is -2.31. The van der Waals surface area contributed by atoms with Gasteiger partial charge in [-0.05, 0) is 24.8 Å². The molecule has 0 fully saturated rings. The molecular formula is C11H15NOS. The summed E-state index contributed by atoms with van der Waals surface area (Å²) in [7, 11) is 0. The number of carbonyl (C=O) groups is 1. The van der Waals surface area contributed by atoms with Crippen molar-refractivity contribution in [1.82, 2.24) is 5.32 Å². The summed E-state index contributed by atoms with van der Waals surface area (Å²) in [4.78, 5) is 12.6. The van der Waals surface area contributed by atoms with Crippen LogP contribution in [0.25, 0.3) is 0 Å². The minimum absolute atomic E-state index is 0.134. The molecule has 0 radical (unpaired) electrons. The average molecular weight is 209 g/mol. The van der Waals surface area contributed by atoms with Crippen molar-refractivity contribution >= 4 is 17.7 Å². The SMILES string of the molecule is CCC1=CC2=C(SCC(=O)N2)C(C)C1. The molecular weight excluding hydrogens is 194 g/mol. The van der Waals surface area contributed by atoms with Crippen LogP contribution < -0.4 is 5.32 Å². The number of allylic oxidation sites excluding steroid dienone is 3. The molecule has 1 atom stereocenters. The van der Waals surface area contributed by atoms with Crippen molar-refractivity contribution < 1.29 is 4.79 Å². The van der Waals surface area contributed by atoms with E-state index in [1.807, 2.05) is 0 Å². The van der Waals surface area contributed by atoms with Gasteiger partial charge >= 0.3 is 0 Å². The van der Waals surface area contributed by atoms with Crippen molar-refractivity contribution in [2.24, 2.45) is 5.92 Å². The molecule has 0 spiro atoms. The van der Waals surface area contributed by atoms with Crippen LogP contribution in [0.1, 0.15) is 26.7 Å². The van der Waals surface area contributed by atoms with Crippen molar-refractivity contribution in [3.8, 4) is 0 Å². The molecule has 1 unspecified atom stereocenters.